The molecule has 152 valence electrons. The lowest BCUT2D eigenvalue weighted by Gasteiger charge is -2.19. The molecule has 0 bridgehead atoms. The van der Waals surface area contributed by atoms with Gasteiger partial charge in [-0.15, -0.1) is 0 Å². The summed E-state index contributed by atoms with van der Waals surface area (Å²) in [5, 5.41) is 0.155. The summed E-state index contributed by atoms with van der Waals surface area (Å²) < 4.78 is 40.3. The number of benzene rings is 3. The van der Waals surface area contributed by atoms with E-state index in [0.29, 0.717) is 24.2 Å². The molecule has 1 unspecified atom stereocenters. The Balaban J connectivity index is 2.05. The summed E-state index contributed by atoms with van der Waals surface area (Å²) in [7, 11) is 1.55. The second kappa shape index (κ2) is 9.86. The maximum Gasteiger partial charge on any atom is 0.172 e. The van der Waals surface area contributed by atoms with Crippen molar-refractivity contribution in [2.45, 2.75) is 19.3 Å². The lowest BCUT2D eigenvalue weighted by molar-refractivity contribution is 0.144. The lowest BCUT2D eigenvalue weighted by Crippen LogP contribution is -2.06. The SMILES string of the molecule is CCC(c1ccccc1)c1cc(-c2cccc(OCCOC)c2F)c(Cl)cc1F. The molecule has 0 radical (unpaired) electrons. The van der Waals surface area contributed by atoms with E-state index in [-0.39, 0.29) is 28.9 Å². The second-order valence-electron chi connectivity index (χ2n) is 6.68. The van der Waals surface area contributed by atoms with Gasteiger partial charge in [-0.3, -0.25) is 0 Å². The summed E-state index contributed by atoms with van der Waals surface area (Å²) in [4.78, 5) is 0. The van der Waals surface area contributed by atoms with Crippen LogP contribution >= 0.6 is 11.6 Å². The molecule has 3 aromatic rings. The number of hydrogen-bond acceptors (Lipinski definition) is 2. The van der Waals surface area contributed by atoms with Crippen molar-refractivity contribution in [1.82, 2.24) is 0 Å². The van der Waals surface area contributed by atoms with E-state index in [1.54, 1.807) is 31.4 Å². The first kappa shape index (κ1) is 21.3. The molecule has 0 aliphatic heterocycles. The van der Waals surface area contributed by atoms with Gasteiger partial charge in [0, 0.05) is 24.2 Å². The van der Waals surface area contributed by atoms with E-state index in [1.165, 1.54) is 6.07 Å². The molecule has 0 aliphatic carbocycles. The van der Waals surface area contributed by atoms with Crippen molar-refractivity contribution in [3.63, 3.8) is 0 Å². The van der Waals surface area contributed by atoms with Crippen LogP contribution in [-0.2, 0) is 4.74 Å². The fourth-order valence-corrected chi connectivity index (χ4v) is 3.68. The lowest BCUT2D eigenvalue weighted by atomic mass is 9.87. The summed E-state index contributed by atoms with van der Waals surface area (Å²) in [6.07, 6.45) is 0.699. The Morgan fingerprint density at radius 2 is 1.69 bits per heavy atom. The summed E-state index contributed by atoms with van der Waals surface area (Å²) >= 11 is 6.31. The maximum atomic E-state index is 15.1. The van der Waals surface area contributed by atoms with Crippen LogP contribution in [0.2, 0.25) is 5.02 Å². The minimum Gasteiger partial charge on any atom is -0.488 e. The minimum atomic E-state index is -0.532. The van der Waals surface area contributed by atoms with Gasteiger partial charge in [-0.2, -0.15) is 0 Å². The van der Waals surface area contributed by atoms with Gasteiger partial charge in [0.25, 0.3) is 0 Å². The van der Waals surface area contributed by atoms with Crippen LogP contribution in [0.4, 0.5) is 8.78 Å². The number of rotatable bonds is 8. The largest absolute Gasteiger partial charge is 0.488 e. The Morgan fingerprint density at radius 1 is 0.931 bits per heavy atom. The molecule has 3 aromatic carbocycles. The molecule has 3 rings (SSSR count). The maximum absolute atomic E-state index is 15.1. The third kappa shape index (κ3) is 4.77. The first-order chi connectivity index (χ1) is 14.1. The van der Waals surface area contributed by atoms with Crippen LogP contribution in [0.3, 0.4) is 0 Å². The first-order valence-corrected chi connectivity index (χ1v) is 9.89. The molecule has 0 saturated heterocycles. The third-order valence-corrected chi connectivity index (χ3v) is 5.18. The van der Waals surface area contributed by atoms with E-state index in [0.717, 1.165) is 5.56 Å². The van der Waals surface area contributed by atoms with Crippen LogP contribution in [0.1, 0.15) is 30.4 Å². The predicted molar refractivity (Wildman–Crippen MR) is 113 cm³/mol. The molecule has 0 N–H and O–H groups in total. The zero-order valence-electron chi connectivity index (χ0n) is 16.4. The smallest absolute Gasteiger partial charge is 0.172 e. The number of halogens is 3. The molecule has 0 aliphatic rings. The van der Waals surface area contributed by atoms with E-state index < -0.39 is 11.6 Å². The van der Waals surface area contributed by atoms with E-state index in [4.69, 9.17) is 21.1 Å². The van der Waals surface area contributed by atoms with Crippen LogP contribution in [0.15, 0.2) is 60.7 Å². The van der Waals surface area contributed by atoms with Gasteiger partial charge < -0.3 is 9.47 Å². The molecule has 2 nitrogen and oxygen atoms in total. The van der Waals surface area contributed by atoms with E-state index in [1.807, 2.05) is 37.3 Å². The van der Waals surface area contributed by atoms with Gasteiger partial charge >= 0.3 is 0 Å². The Kier molecular flexibility index (Phi) is 7.24. The number of ether oxygens (including phenoxy) is 2. The van der Waals surface area contributed by atoms with Crippen molar-refractivity contribution < 1.29 is 18.3 Å². The Labute approximate surface area is 175 Å². The molecule has 0 saturated carbocycles. The van der Waals surface area contributed by atoms with Crippen molar-refractivity contribution in [2.24, 2.45) is 0 Å². The Bertz CT molecular complexity index is 961. The van der Waals surface area contributed by atoms with E-state index >= 15 is 4.39 Å². The summed E-state index contributed by atoms with van der Waals surface area (Å²) in [6, 6.07) is 17.5. The van der Waals surface area contributed by atoms with Gasteiger partial charge in [-0.1, -0.05) is 61.0 Å². The van der Waals surface area contributed by atoms with Gasteiger partial charge in [0.05, 0.1) is 11.6 Å². The van der Waals surface area contributed by atoms with Crippen molar-refractivity contribution in [3.05, 3.63) is 88.4 Å². The van der Waals surface area contributed by atoms with Crippen molar-refractivity contribution in [1.29, 1.82) is 0 Å². The van der Waals surface area contributed by atoms with Crippen molar-refractivity contribution >= 4 is 11.6 Å². The molecule has 0 fully saturated rings. The van der Waals surface area contributed by atoms with Crippen LogP contribution in [-0.4, -0.2) is 20.3 Å². The van der Waals surface area contributed by atoms with Gasteiger partial charge in [0.2, 0.25) is 0 Å². The monoisotopic (exact) mass is 416 g/mol. The average molecular weight is 417 g/mol. The summed E-state index contributed by atoms with van der Waals surface area (Å²) in [5.41, 5.74) is 2.20. The summed E-state index contributed by atoms with van der Waals surface area (Å²) in [5.74, 6) is -0.980. The van der Waals surface area contributed by atoms with Crippen molar-refractivity contribution in [2.75, 3.05) is 20.3 Å². The quantitative estimate of drug-likeness (QED) is 0.374. The molecule has 0 heterocycles. The van der Waals surface area contributed by atoms with E-state index in [2.05, 4.69) is 0 Å². The highest BCUT2D eigenvalue weighted by molar-refractivity contribution is 6.33. The predicted octanol–water partition coefficient (Wildman–Crippen LogP) is 6.85. The highest BCUT2D eigenvalue weighted by atomic mass is 35.5. The molecular formula is C24H23ClF2O2. The van der Waals surface area contributed by atoms with Crippen LogP contribution in [0.25, 0.3) is 11.1 Å². The Hall–Kier alpha value is -2.43. The molecule has 29 heavy (non-hydrogen) atoms. The average Bonchev–Trinajstić information content (AvgIpc) is 2.73. The van der Waals surface area contributed by atoms with Crippen LogP contribution in [0, 0.1) is 11.6 Å². The van der Waals surface area contributed by atoms with Gasteiger partial charge in [-0.05, 0) is 35.7 Å². The standard InChI is InChI=1S/C24H23ClF2O2/c1-3-17(16-8-5-4-6-9-16)20-14-19(21(25)15-22(20)26)18-10-7-11-23(24(18)27)29-13-12-28-2/h4-11,14-15,17H,3,12-13H2,1-2H3. The topological polar surface area (TPSA) is 18.5 Å². The van der Waals surface area contributed by atoms with Crippen LogP contribution < -0.4 is 4.74 Å². The highest BCUT2D eigenvalue weighted by Crippen LogP contribution is 2.39. The minimum absolute atomic E-state index is 0.108. The first-order valence-electron chi connectivity index (χ1n) is 9.51. The normalized spacial score (nSPS) is 12.0. The van der Waals surface area contributed by atoms with Gasteiger partial charge in [0.15, 0.2) is 11.6 Å². The highest BCUT2D eigenvalue weighted by Gasteiger charge is 2.21. The molecular weight excluding hydrogens is 394 g/mol. The van der Waals surface area contributed by atoms with Gasteiger partial charge in [-0.25, -0.2) is 8.78 Å². The second-order valence-corrected chi connectivity index (χ2v) is 7.09. The third-order valence-electron chi connectivity index (χ3n) is 4.87. The zero-order valence-corrected chi connectivity index (χ0v) is 17.2. The molecule has 5 heteroatoms. The molecule has 0 amide bonds. The zero-order chi connectivity index (χ0) is 20.8. The number of methoxy groups -OCH3 is 1. The van der Waals surface area contributed by atoms with Crippen LogP contribution in [0.5, 0.6) is 5.75 Å². The fourth-order valence-electron chi connectivity index (χ4n) is 3.42. The van der Waals surface area contributed by atoms with Crippen molar-refractivity contribution in [3.8, 4) is 16.9 Å². The Morgan fingerprint density at radius 3 is 2.38 bits per heavy atom. The molecule has 1 atom stereocenters. The van der Waals surface area contributed by atoms with Gasteiger partial charge in [0.1, 0.15) is 12.4 Å². The molecule has 0 aromatic heterocycles. The fraction of sp³-hybridized carbons (Fsp3) is 0.250. The van der Waals surface area contributed by atoms with E-state index in [9.17, 15) is 4.39 Å². The number of hydrogen-bond donors (Lipinski definition) is 0. The molecule has 0 spiro atoms. The summed E-state index contributed by atoms with van der Waals surface area (Å²) in [6.45, 7) is 2.57.